The minimum Gasteiger partial charge on any atom is -0.356 e. The maximum Gasteiger partial charge on any atom is 0.100 e. The van der Waals surface area contributed by atoms with Crippen LogP contribution in [0.1, 0.15) is 85.0 Å². The van der Waals surface area contributed by atoms with Gasteiger partial charge < -0.3 is 9.80 Å². The summed E-state index contributed by atoms with van der Waals surface area (Å²) in [6.45, 7) is 9.37. The Hall–Kier alpha value is -0.660. The predicted molar refractivity (Wildman–Crippen MR) is 89.5 cm³/mol. The van der Waals surface area contributed by atoms with Crippen LogP contribution in [0.25, 0.3) is 0 Å². The first kappa shape index (κ1) is 17.4. The number of rotatable bonds is 12. The van der Waals surface area contributed by atoms with Crippen molar-refractivity contribution in [3.63, 3.8) is 0 Å². The molecule has 0 fully saturated rings. The van der Waals surface area contributed by atoms with E-state index < -0.39 is 0 Å². The first-order chi connectivity index (χ1) is 9.83. The lowest BCUT2D eigenvalue weighted by Gasteiger charge is -2.32. The van der Waals surface area contributed by atoms with Crippen LogP contribution in [0, 0.1) is 0 Å². The van der Waals surface area contributed by atoms with Crippen LogP contribution in [0.4, 0.5) is 0 Å². The van der Waals surface area contributed by atoms with Gasteiger partial charge in [0.1, 0.15) is 6.17 Å². The molecule has 0 aromatic carbocycles. The van der Waals surface area contributed by atoms with E-state index in [2.05, 4.69) is 43.0 Å². The van der Waals surface area contributed by atoms with Crippen LogP contribution in [-0.4, -0.2) is 29.1 Å². The molecule has 0 spiro atoms. The molecule has 0 aliphatic carbocycles. The maximum absolute atomic E-state index is 2.56. The molecule has 20 heavy (non-hydrogen) atoms. The topological polar surface area (TPSA) is 6.48 Å². The Morgan fingerprint density at radius 1 is 0.650 bits per heavy atom. The van der Waals surface area contributed by atoms with Crippen LogP contribution in [0.15, 0.2) is 12.4 Å². The molecule has 118 valence electrons. The van der Waals surface area contributed by atoms with Gasteiger partial charge in [-0.05, 0) is 19.3 Å². The second-order valence-electron chi connectivity index (χ2n) is 6.14. The fourth-order valence-corrected chi connectivity index (χ4v) is 3.10. The Balaban J connectivity index is 2.20. The van der Waals surface area contributed by atoms with E-state index >= 15 is 0 Å². The van der Waals surface area contributed by atoms with Crippen molar-refractivity contribution in [2.75, 3.05) is 13.1 Å². The lowest BCUT2D eigenvalue weighted by atomic mass is 10.1. The number of nitrogens with zero attached hydrogens (tertiary/aromatic N) is 2. The molecule has 0 aromatic heterocycles. The molecular formula is C18H36N2. The van der Waals surface area contributed by atoms with Crippen molar-refractivity contribution in [1.29, 1.82) is 0 Å². The highest BCUT2D eigenvalue weighted by atomic mass is 15.4. The summed E-state index contributed by atoms with van der Waals surface area (Å²) in [5.74, 6) is 0. The molecule has 0 bridgehead atoms. The van der Waals surface area contributed by atoms with Gasteiger partial charge in [0, 0.05) is 25.5 Å². The van der Waals surface area contributed by atoms with E-state index in [1.807, 2.05) is 0 Å². The predicted octanol–water partition coefficient (Wildman–Crippen LogP) is 5.36. The average Bonchev–Trinajstić information content (AvgIpc) is 2.85. The van der Waals surface area contributed by atoms with Crippen molar-refractivity contribution >= 4 is 0 Å². The van der Waals surface area contributed by atoms with Crippen LogP contribution >= 0.6 is 0 Å². The van der Waals surface area contributed by atoms with E-state index in [1.165, 1.54) is 77.3 Å². The molecule has 1 rings (SSSR count). The van der Waals surface area contributed by atoms with Crippen LogP contribution < -0.4 is 0 Å². The Kier molecular flexibility index (Phi) is 9.61. The van der Waals surface area contributed by atoms with Crippen molar-refractivity contribution in [2.24, 2.45) is 0 Å². The van der Waals surface area contributed by atoms with Gasteiger partial charge in [0.05, 0.1) is 0 Å². The minimum atomic E-state index is 0.628. The molecule has 0 saturated carbocycles. The molecule has 2 nitrogen and oxygen atoms in total. The Morgan fingerprint density at radius 3 is 1.55 bits per heavy atom. The van der Waals surface area contributed by atoms with Crippen LogP contribution in [0.2, 0.25) is 0 Å². The zero-order valence-electron chi connectivity index (χ0n) is 14.1. The van der Waals surface area contributed by atoms with E-state index in [-0.39, 0.29) is 0 Å². The van der Waals surface area contributed by atoms with E-state index in [9.17, 15) is 0 Å². The van der Waals surface area contributed by atoms with E-state index in [0.717, 1.165) is 0 Å². The molecule has 1 aliphatic heterocycles. The summed E-state index contributed by atoms with van der Waals surface area (Å²) in [5.41, 5.74) is 0. The summed E-state index contributed by atoms with van der Waals surface area (Å²) in [6, 6.07) is 0. The SMILES string of the molecule is CCCCCCCN1C=CN(CCCCCC)C1CC. The highest BCUT2D eigenvalue weighted by molar-refractivity contribution is 4.96. The Labute approximate surface area is 127 Å². The fourth-order valence-electron chi connectivity index (χ4n) is 3.10. The molecule has 2 heteroatoms. The third-order valence-electron chi connectivity index (χ3n) is 4.37. The second-order valence-corrected chi connectivity index (χ2v) is 6.14. The van der Waals surface area contributed by atoms with Crippen molar-refractivity contribution in [2.45, 2.75) is 91.1 Å². The van der Waals surface area contributed by atoms with E-state index in [1.54, 1.807) is 0 Å². The largest absolute Gasteiger partial charge is 0.356 e. The third-order valence-corrected chi connectivity index (χ3v) is 4.37. The maximum atomic E-state index is 2.56. The van der Waals surface area contributed by atoms with Gasteiger partial charge in [-0.15, -0.1) is 0 Å². The van der Waals surface area contributed by atoms with Crippen molar-refractivity contribution in [3.05, 3.63) is 12.4 Å². The highest BCUT2D eigenvalue weighted by Crippen LogP contribution is 2.20. The van der Waals surface area contributed by atoms with Gasteiger partial charge in [0.25, 0.3) is 0 Å². The van der Waals surface area contributed by atoms with Gasteiger partial charge in [-0.1, -0.05) is 65.7 Å². The van der Waals surface area contributed by atoms with Crippen molar-refractivity contribution in [1.82, 2.24) is 9.80 Å². The first-order valence-corrected chi connectivity index (χ1v) is 9.03. The molecule has 0 aromatic rings. The van der Waals surface area contributed by atoms with Crippen LogP contribution in [-0.2, 0) is 0 Å². The highest BCUT2D eigenvalue weighted by Gasteiger charge is 2.23. The van der Waals surface area contributed by atoms with Crippen LogP contribution in [0.5, 0.6) is 0 Å². The molecular weight excluding hydrogens is 244 g/mol. The van der Waals surface area contributed by atoms with Gasteiger partial charge in [0.15, 0.2) is 0 Å². The summed E-state index contributed by atoms with van der Waals surface area (Å²) in [5, 5.41) is 0. The standard InChI is InChI=1S/C18H36N2/c1-4-7-9-11-13-15-20-17-16-19(18(20)6-3)14-12-10-8-5-2/h16-18H,4-15H2,1-3H3. The molecule has 1 atom stereocenters. The fraction of sp³-hybridized carbons (Fsp3) is 0.889. The van der Waals surface area contributed by atoms with Gasteiger partial charge in [-0.25, -0.2) is 0 Å². The van der Waals surface area contributed by atoms with Crippen LogP contribution in [0.3, 0.4) is 0 Å². The number of hydrogen-bond acceptors (Lipinski definition) is 2. The quantitative estimate of drug-likeness (QED) is 0.444. The molecule has 0 N–H and O–H groups in total. The van der Waals surface area contributed by atoms with Gasteiger partial charge >= 0.3 is 0 Å². The third kappa shape index (κ3) is 6.19. The summed E-state index contributed by atoms with van der Waals surface area (Å²) < 4.78 is 0. The zero-order chi connectivity index (χ0) is 14.6. The molecule has 0 radical (unpaired) electrons. The number of unbranched alkanes of at least 4 members (excludes halogenated alkanes) is 7. The average molecular weight is 280 g/mol. The van der Waals surface area contributed by atoms with E-state index in [4.69, 9.17) is 0 Å². The smallest absolute Gasteiger partial charge is 0.100 e. The van der Waals surface area contributed by atoms with Gasteiger partial charge in [-0.2, -0.15) is 0 Å². The van der Waals surface area contributed by atoms with Gasteiger partial charge in [0.2, 0.25) is 0 Å². The molecule has 1 unspecified atom stereocenters. The summed E-state index contributed by atoms with van der Waals surface area (Å²) in [6.07, 6.45) is 18.8. The molecule has 1 heterocycles. The van der Waals surface area contributed by atoms with E-state index in [0.29, 0.717) is 6.17 Å². The van der Waals surface area contributed by atoms with Crippen molar-refractivity contribution < 1.29 is 0 Å². The minimum absolute atomic E-state index is 0.628. The normalized spacial score (nSPS) is 18.2. The summed E-state index contributed by atoms with van der Waals surface area (Å²) >= 11 is 0. The zero-order valence-corrected chi connectivity index (χ0v) is 14.1. The Morgan fingerprint density at radius 2 is 1.10 bits per heavy atom. The second kappa shape index (κ2) is 11.0. The van der Waals surface area contributed by atoms with Crippen molar-refractivity contribution in [3.8, 4) is 0 Å². The number of hydrogen-bond donors (Lipinski definition) is 0. The monoisotopic (exact) mass is 280 g/mol. The summed E-state index contributed by atoms with van der Waals surface area (Å²) in [7, 11) is 0. The lowest BCUT2D eigenvalue weighted by molar-refractivity contribution is 0.144. The lowest BCUT2D eigenvalue weighted by Crippen LogP contribution is -2.38. The Bertz CT molecular complexity index is 250. The summed E-state index contributed by atoms with van der Waals surface area (Å²) in [4.78, 5) is 5.12. The molecule has 0 amide bonds. The molecule has 1 aliphatic rings. The molecule has 0 saturated heterocycles. The first-order valence-electron chi connectivity index (χ1n) is 9.03. The van der Waals surface area contributed by atoms with Gasteiger partial charge in [-0.3, -0.25) is 0 Å².